The Morgan fingerprint density at radius 2 is 0.794 bits per heavy atom. The summed E-state index contributed by atoms with van der Waals surface area (Å²) in [7, 11) is -5.13. The number of hydrogen-bond acceptors (Lipinski definition) is 12. The van der Waals surface area contributed by atoms with Crippen LogP contribution in [0.4, 0.5) is 0 Å². The number of carbonyl (C=O) groups excluding carboxylic acids is 2. The summed E-state index contributed by atoms with van der Waals surface area (Å²) < 4.78 is 33.7. The molecule has 1 rings (SSSR count). The number of unbranched alkanes of at least 4 members (excludes halogenated alkanes) is 25. The summed E-state index contributed by atoms with van der Waals surface area (Å²) in [5.74, 6) is -1.13. The third-order valence-electron chi connectivity index (χ3n) is 12.4. The average molecular weight is 985 g/mol. The first-order valence-corrected chi connectivity index (χ1v) is 28.4. The molecule has 8 atom stereocenters. The number of allylic oxidation sites excluding steroid dienone is 8. The van der Waals surface area contributed by atoms with E-state index < -0.39 is 75.7 Å². The number of esters is 2. The molecule has 68 heavy (non-hydrogen) atoms. The molecule has 6 N–H and O–H groups in total. The van der Waals surface area contributed by atoms with E-state index in [4.69, 9.17) is 18.5 Å². The van der Waals surface area contributed by atoms with E-state index in [0.717, 1.165) is 70.6 Å². The van der Waals surface area contributed by atoms with E-state index in [1.54, 1.807) is 0 Å². The third kappa shape index (κ3) is 35.0. The molecule has 13 nitrogen and oxygen atoms in total. The Hall–Kier alpha value is -2.19. The van der Waals surface area contributed by atoms with Crippen LogP contribution >= 0.6 is 7.82 Å². The van der Waals surface area contributed by atoms with E-state index in [9.17, 15) is 44.6 Å². The molecule has 0 heterocycles. The summed E-state index contributed by atoms with van der Waals surface area (Å²) in [4.78, 5) is 35.9. The maximum Gasteiger partial charge on any atom is 0.472 e. The Kier molecular flexibility index (Phi) is 40.9. The Morgan fingerprint density at radius 3 is 1.24 bits per heavy atom. The fourth-order valence-electron chi connectivity index (χ4n) is 8.10. The van der Waals surface area contributed by atoms with Gasteiger partial charge in [-0.15, -0.1) is 0 Å². The Bertz CT molecular complexity index is 1370. The van der Waals surface area contributed by atoms with Crippen LogP contribution in [0, 0.1) is 0 Å². The summed E-state index contributed by atoms with van der Waals surface area (Å²) in [5.41, 5.74) is 0. The highest BCUT2D eigenvalue weighted by molar-refractivity contribution is 7.47. The van der Waals surface area contributed by atoms with Gasteiger partial charge in [0.25, 0.3) is 0 Å². The van der Waals surface area contributed by atoms with Crippen LogP contribution in [0.5, 0.6) is 0 Å². The first kappa shape index (κ1) is 63.8. The molecule has 0 saturated heterocycles. The molecule has 1 aliphatic rings. The van der Waals surface area contributed by atoms with Crippen molar-refractivity contribution in [1.82, 2.24) is 0 Å². The molecule has 0 amide bonds. The van der Waals surface area contributed by atoms with E-state index >= 15 is 0 Å². The van der Waals surface area contributed by atoms with Gasteiger partial charge in [0, 0.05) is 12.8 Å². The van der Waals surface area contributed by atoms with E-state index in [-0.39, 0.29) is 12.8 Å². The van der Waals surface area contributed by atoms with Crippen LogP contribution in [0.25, 0.3) is 0 Å². The third-order valence-corrected chi connectivity index (χ3v) is 13.4. The van der Waals surface area contributed by atoms with Crippen LogP contribution in [-0.2, 0) is 32.7 Å². The van der Waals surface area contributed by atoms with Gasteiger partial charge in [0.15, 0.2) is 6.10 Å². The topological polar surface area (TPSA) is 210 Å². The van der Waals surface area contributed by atoms with Crippen molar-refractivity contribution >= 4 is 19.8 Å². The predicted octanol–water partition coefficient (Wildman–Crippen LogP) is 11.9. The zero-order valence-electron chi connectivity index (χ0n) is 42.4. The van der Waals surface area contributed by atoms with Crippen molar-refractivity contribution in [2.45, 2.75) is 268 Å². The van der Waals surface area contributed by atoms with Gasteiger partial charge in [-0.3, -0.25) is 18.6 Å². The second-order valence-electron chi connectivity index (χ2n) is 18.7. The van der Waals surface area contributed by atoms with Crippen LogP contribution in [0.15, 0.2) is 48.6 Å². The van der Waals surface area contributed by atoms with Gasteiger partial charge in [-0.1, -0.05) is 204 Å². The van der Waals surface area contributed by atoms with Crippen molar-refractivity contribution in [3.05, 3.63) is 48.6 Å². The molecule has 0 aromatic heterocycles. The molecule has 14 heteroatoms. The SMILES string of the molecule is CCCCC/C=C/C/C=C/C/C=C/C/C=C/CCCCCC(=O)OC[C@H](COP(=O)(O)OC1C(O)C(O)C(O)[C@H](O)C1O)OC(=O)CCCCCCCCCCCCCCCCCCCCCC. The second-order valence-corrected chi connectivity index (χ2v) is 20.1. The smallest absolute Gasteiger partial charge is 0.462 e. The highest BCUT2D eigenvalue weighted by Gasteiger charge is 2.51. The lowest BCUT2D eigenvalue weighted by Gasteiger charge is -2.41. The summed E-state index contributed by atoms with van der Waals surface area (Å²) in [6.45, 7) is 3.28. The van der Waals surface area contributed by atoms with Gasteiger partial charge < -0.3 is 39.9 Å². The molecular formula is C54H97O13P. The minimum atomic E-state index is -5.13. The largest absolute Gasteiger partial charge is 0.472 e. The molecule has 0 aromatic carbocycles. The Labute approximate surface area is 411 Å². The summed E-state index contributed by atoms with van der Waals surface area (Å²) >= 11 is 0. The maximum absolute atomic E-state index is 12.9. The zero-order valence-corrected chi connectivity index (χ0v) is 43.3. The first-order chi connectivity index (χ1) is 32.9. The molecule has 0 aliphatic heterocycles. The number of aliphatic hydroxyl groups is 5. The van der Waals surface area contributed by atoms with Gasteiger partial charge in [-0.25, -0.2) is 4.57 Å². The van der Waals surface area contributed by atoms with E-state index in [1.165, 1.54) is 116 Å². The van der Waals surface area contributed by atoms with Gasteiger partial charge in [-0.2, -0.15) is 0 Å². The van der Waals surface area contributed by atoms with Crippen molar-refractivity contribution < 1.29 is 63.1 Å². The number of ether oxygens (including phenoxy) is 2. The molecular weight excluding hydrogens is 888 g/mol. The van der Waals surface area contributed by atoms with Gasteiger partial charge in [0.05, 0.1) is 6.61 Å². The van der Waals surface area contributed by atoms with Crippen LogP contribution in [0.3, 0.4) is 0 Å². The molecule has 396 valence electrons. The van der Waals surface area contributed by atoms with Gasteiger partial charge in [0.1, 0.15) is 43.2 Å². The molecule has 0 bridgehead atoms. The monoisotopic (exact) mass is 985 g/mol. The number of carbonyl (C=O) groups is 2. The average Bonchev–Trinajstić information content (AvgIpc) is 3.32. The van der Waals surface area contributed by atoms with Crippen molar-refractivity contribution in [3.8, 4) is 0 Å². The fraction of sp³-hybridized carbons (Fsp3) is 0.815. The minimum Gasteiger partial charge on any atom is -0.462 e. The van der Waals surface area contributed by atoms with Crippen molar-refractivity contribution in [1.29, 1.82) is 0 Å². The normalized spacial score (nSPS) is 21.4. The lowest BCUT2D eigenvalue weighted by atomic mass is 9.85. The molecule has 1 saturated carbocycles. The highest BCUT2D eigenvalue weighted by Crippen LogP contribution is 2.47. The van der Waals surface area contributed by atoms with Crippen molar-refractivity contribution in [2.75, 3.05) is 13.2 Å². The zero-order chi connectivity index (χ0) is 49.9. The Morgan fingerprint density at radius 1 is 0.456 bits per heavy atom. The summed E-state index contributed by atoms with van der Waals surface area (Å²) in [6.07, 6.45) is 40.1. The van der Waals surface area contributed by atoms with Crippen LogP contribution < -0.4 is 0 Å². The van der Waals surface area contributed by atoms with Crippen LogP contribution in [0.1, 0.15) is 226 Å². The fourth-order valence-corrected chi connectivity index (χ4v) is 9.07. The van der Waals surface area contributed by atoms with Crippen molar-refractivity contribution in [3.63, 3.8) is 0 Å². The van der Waals surface area contributed by atoms with Crippen LogP contribution in [-0.4, -0.2) is 98.3 Å². The summed E-state index contributed by atoms with van der Waals surface area (Å²) in [6, 6.07) is 0. The van der Waals surface area contributed by atoms with E-state index in [0.29, 0.717) is 12.8 Å². The minimum absolute atomic E-state index is 0.0920. The Balaban J connectivity index is 2.40. The second kappa shape index (κ2) is 43.6. The number of rotatable bonds is 45. The van der Waals surface area contributed by atoms with E-state index in [1.807, 2.05) is 0 Å². The number of hydrogen-bond donors (Lipinski definition) is 6. The molecule has 6 unspecified atom stereocenters. The van der Waals surface area contributed by atoms with Gasteiger partial charge >= 0.3 is 19.8 Å². The summed E-state index contributed by atoms with van der Waals surface area (Å²) in [5, 5.41) is 50.3. The molecule has 0 radical (unpaired) electrons. The number of aliphatic hydroxyl groups excluding tert-OH is 5. The van der Waals surface area contributed by atoms with Crippen LogP contribution in [0.2, 0.25) is 0 Å². The first-order valence-electron chi connectivity index (χ1n) is 26.9. The number of phosphoric acid groups is 1. The molecule has 1 fully saturated rings. The van der Waals surface area contributed by atoms with Gasteiger partial charge in [-0.05, 0) is 57.8 Å². The predicted molar refractivity (Wildman–Crippen MR) is 272 cm³/mol. The van der Waals surface area contributed by atoms with Gasteiger partial charge in [0.2, 0.25) is 0 Å². The lowest BCUT2D eigenvalue weighted by molar-refractivity contribution is -0.220. The number of phosphoric ester groups is 1. The molecule has 0 spiro atoms. The molecule has 0 aromatic rings. The quantitative estimate of drug-likeness (QED) is 0.0145. The molecule has 1 aliphatic carbocycles. The lowest BCUT2D eigenvalue weighted by Crippen LogP contribution is -2.64. The maximum atomic E-state index is 12.9. The standard InChI is InChI=1S/C54H97O13P/c1-3-5-7-9-11-13-15-17-19-21-23-25-27-29-31-33-35-37-39-41-43-48(56)66-46(45-65-68(62,63)67-54-52(60)50(58)49(57)51(59)53(54)61)44-64-47(55)42-40-38-36-34-32-30-28-26-24-22-20-18-16-14-12-10-8-6-4-2/h12,14,18,20,24,26,30,32,46,49-54,57-61H,3-11,13,15-17,19,21-23,25,27-29,31,33-45H2,1-2H3,(H,62,63)/b14-12+,20-18+,26-24+,32-30+/t46-,49?,50+,51?,52?,53?,54?/m1/s1. The highest BCUT2D eigenvalue weighted by atomic mass is 31.2. The van der Waals surface area contributed by atoms with Crippen molar-refractivity contribution in [2.24, 2.45) is 0 Å². The van der Waals surface area contributed by atoms with E-state index in [2.05, 4.69) is 62.5 Å².